The van der Waals surface area contributed by atoms with Crippen LogP contribution in [0.2, 0.25) is 0 Å². The van der Waals surface area contributed by atoms with Crippen LogP contribution in [0.4, 0.5) is 5.69 Å². The fourth-order valence-electron chi connectivity index (χ4n) is 1.84. The molecule has 0 fully saturated rings. The minimum Gasteiger partial charge on any atom is -0.478 e. The molecule has 0 aromatic heterocycles. The van der Waals surface area contributed by atoms with E-state index in [1.165, 1.54) is 12.1 Å². The Morgan fingerprint density at radius 3 is 2.38 bits per heavy atom. The molecule has 1 aliphatic rings. The predicted octanol–water partition coefficient (Wildman–Crippen LogP) is 0.484. The molecule has 0 amide bonds. The summed E-state index contributed by atoms with van der Waals surface area (Å²) in [4.78, 5) is 33.5. The molecule has 11 nitrogen and oxygen atoms in total. The lowest BCUT2D eigenvalue weighted by Crippen LogP contribution is -2.16. The van der Waals surface area contributed by atoms with Gasteiger partial charge in [-0.3, -0.25) is 14.8 Å². The van der Waals surface area contributed by atoms with Gasteiger partial charge in [-0.25, -0.2) is 9.59 Å². The number of hydrazone groups is 1. The number of carboxylic acid groups (broad SMARTS) is 2. The lowest BCUT2D eigenvalue weighted by Gasteiger charge is -2.09. The van der Waals surface area contributed by atoms with E-state index in [2.05, 4.69) is 14.7 Å². The van der Waals surface area contributed by atoms with Gasteiger partial charge in [-0.15, -0.1) is 0 Å². The molecule has 0 bridgehead atoms. The number of allylic oxidation sites excluding steroid dienone is 3. The second-order valence-corrected chi connectivity index (χ2v) is 5.76. The zero-order chi connectivity index (χ0) is 19.5. The summed E-state index contributed by atoms with van der Waals surface area (Å²) in [6.45, 7) is 0. The second-order valence-electron chi connectivity index (χ2n) is 4.74. The fraction of sp³-hybridized carbons (Fsp3) is 0. The Morgan fingerprint density at radius 1 is 1.12 bits per heavy atom. The number of benzene rings is 1. The van der Waals surface area contributed by atoms with Gasteiger partial charge < -0.3 is 14.4 Å². The third-order valence-corrected chi connectivity index (χ3v) is 3.30. The van der Waals surface area contributed by atoms with Crippen molar-refractivity contribution in [2.75, 3.05) is 5.43 Å². The van der Waals surface area contributed by atoms with E-state index in [0.717, 1.165) is 24.3 Å². The standard InChI is InChI=1S/C14H10N2O9S/c17-11-3-1-7(5-9(11)13(18)19)15-16-8-2-4-12(25-26(22,23)24)10(6-8)14(20)21/h1-6,16H,(H,18,19)(H,20,21)(H,22,23,24). The summed E-state index contributed by atoms with van der Waals surface area (Å²) in [7, 11) is -4.91. The Bertz CT molecular complexity index is 990. The highest BCUT2D eigenvalue weighted by Crippen LogP contribution is 2.24. The van der Waals surface area contributed by atoms with Crippen LogP contribution < -0.4 is 9.61 Å². The van der Waals surface area contributed by atoms with Gasteiger partial charge in [-0.1, -0.05) is 0 Å². The molecule has 4 N–H and O–H groups in total. The van der Waals surface area contributed by atoms with Crippen LogP contribution in [-0.2, 0) is 20.0 Å². The molecule has 0 spiro atoms. The molecule has 1 aromatic carbocycles. The van der Waals surface area contributed by atoms with Gasteiger partial charge in [-0.2, -0.15) is 13.5 Å². The second kappa shape index (κ2) is 7.16. The summed E-state index contributed by atoms with van der Waals surface area (Å²) in [5, 5.41) is 21.8. The molecule has 0 saturated carbocycles. The number of carboxylic acids is 2. The van der Waals surface area contributed by atoms with E-state index in [1.54, 1.807) is 0 Å². The van der Waals surface area contributed by atoms with E-state index in [9.17, 15) is 22.8 Å². The third-order valence-electron chi connectivity index (χ3n) is 2.91. The normalized spacial score (nSPS) is 15.5. The molecule has 1 aliphatic carbocycles. The average Bonchev–Trinajstić information content (AvgIpc) is 2.53. The topological polar surface area (TPSA) is 180 Å². The Balaban J connectivity index is 2.29. The maximum Gasteiger partial charge on any atom is 0.446 e. The Hall–Kier alpha value is -3.51. The number of hydrogen-bond donors (Lipinski definition) is 4. The number of carbonyl (C=O) groups is 3. The number of carbonyl (C=O) groups excluding carboxylic acids is 1. The lowest BCUT2D eigenvalue weighted by atomic mass is 10.0. The van der Waals surface area contributed by atoms with Crippen LogP contribution in [0.3, 0.4) is 0 Å². The number of aromatic carboxylic acids is 1. The van der Waals surface area contributed by atoms with Gasteiger partial charge in [-0.05, 0) is 36.4 Å². The summed E-state index contributed by atoms with van der Waals surface area (Å²) in [6, 6.07) is 3.15. The first-order valence-electron chi connectivity index (χ1n) is 6.62. The Kier molecular flexibility index (Phi) is 5.19. The maximum absolute atomic E-state index is 11.4. The molecule has 12 heteroatoms. The number of ketones is 1. The summed E-state index contributed by atoms with van der Waals surface area (Å²) >= 11 is 0. The first-order valence-corrected chi connectivity index (χ1v) is 7.98. The SMILES string of the molecule is O=C(O)C1=CC(=NNc2ccc(OS(=O)(=O)O)c(C(=O)O)c2)C=CC1=O. The fourth-order valence-corrected chi connectivity index (χ4v) is 2.21. The predicted molar refractivity (Wildman–Crippen MR) is 86.5 cm³/mol. The maximum atomic E-state index is 11.4. The minimum absolute atomic E-state index is 0.0807. The number of anilines is 1. The molecule has 1 aromatic rings. The number of rotatable bonds is 6. The zero-order valence-corrected chi connectivity index (χ0v) is 13.4. The van der Waals surface area contributed by atoms with Crippen molar-refractivity contribution in [1.82, 2.24) is 0 Å². The van der Waals surface area contributed by atoms with Crippen LogP contribution in [-0.4, -0.2) is 46.6 Å². The molecule has 2 rings (SSSR count). The van der Waals surface area contributed by atoms with Crippen LogP contribution in [0.15, 0.2) is 47.1 Å². The van der Waals surface area contributed by atoms with Crippen LogP contribution >= 0.6 is 0 Å². The van der Waals surface area contributed by atoms with Crippen LogP contribution in [0.1, 0.15) is 10.4 Å². The Morgan fingerprint density at radius 2 is 1.81 bits per heavy atom. The van der Waals surface area contributed by atoms with Gasteiger partial charge >= 0.3 is 22.3 Å². The van der Waals surface area contributed by atoms with Crippen LogP contribution in [0.5, 0.6) is 5.75 Å². The molecule has 0 saturated heterocycles. The highest BCUT2D eigenvalue weighted by molar-refractivity contribution is 7.81. The Labute approximate surface area is 145 Å². The van der Waals surface area contributed by atoms with Crippen LogP contribution in [0, 0.1) is 0 Å². The molecule has 0 unspecified atom stereocenters. The van der Waals surface area contributed by atoms with Crippen LogP contribution in [0.25, 0.3) is 0 Å². The lowest BCUT2D eigenvalue weighted by molar-refractivity contribution is -0.134. The number of hydrogen-bond acceptors (Lipinski definition) is 8. The highest BCUT2D eigenvalue weighted by Gasteiger charge is 2.19. The largest absolute Gasteiger partial charge is 0.478 e. The van der Waals surface area contributed by atoms with E-state index in [1.807, 2.05) is 0 Å². The number of nitrogens with one attached hydrogen (secondary N) is 1. The molecular weight excluding hydrogens is 372 g/mol. The third kappa shape index (κ3) is 4.75. The molecule has 26 heavy (non-hydrogen) atoms. The van der Waals surface area contributed by atoms with Crippen molar-refractivity contribution in [2.24, 2.45) is 5.10 Å². The van der Waals surface area contributed by atoms with Gasteiger partial charge in [0.25, 0.3) is 0 Å². The van der Waals surface area contributed by atoms with E-state index in [-0.39, 0.29) is 11.4 Å². The van der Waals surface area contributed by atoms with Crippen molar-refractivity contribution in [3.8, 4) is 5.75 Å². The molecule has 0 radical (unpaired) electrons. The average molecular weight is 382 g/mol. The van der Waals surface area contributed by atoms with Crippen molar-refractivity contribution in [3.05, 3.63) is 47.6 Å². The van der Waals surface area contributed by atoms with Gasteiger partial charge in [0.05, 0.1) is 11.4 Å². The molecule has 0 aliphatic heterocycles. The first kappa shape index (κ1) is 18.8. The summed E-state index contributed by atoms with van der Waals surface area (Å²) in [6.07, 6.45) is 3.27. The van der Waals surface area contributed by atoms with Crippen molar-refractivity contribution >= 4 is 39.5 Å². The van der Waals surface area contributed by atoms with E-state index < -0.39 is 45.0 Å². The zero-order valence-electron chi connectivity index (χ0n) is 12.6. The minimum atomic E-state index is -4.91. The van der Waals surface area contributed by atoms with Gasteiger partial charge in [0.1, 0.15) is 11.1 Å². The van der Waals surface area contributed by atoms with Gasteiger partial charge in [0.15, 0.2) is 11.5 Å². The molecule has 0 heterocycles. The number of aliphatic carboxylic acids is 1. The monoisotopic (exact) mass is 382 g/mol. The summed E-state index contributed by atoms with van der Waals surface area (Å²) in [5.41, 5.74) is 1.53. The molecular formula is C14H10N2O9S. The van der Waals surface area contributed by atoms with E-state index in [4.69, 9.17) is 14.8 Å². The summed E-state index contributed by atoms with van der Waals surface area (Å²) in [5.74, 6) is -4.27. The van der Waals surface area contributed by atoms with E-state index >= 15 is 0 Å². The summed E-state index contributed by atoms with van der Waals surface area (Å²) < 4.78 is 34.2. The van der Waals surface area contributed by atoms with Crippen molar-refractivity contribution in [1.29, 1.82) is 0 Å². The highest BCUT2D eigenvalue weighted by atomic mass is 32.3. The van der Waals surface area contributed by atoms with E-state index in [0.29, 0.717) is 0 Å². The number of nitrogens with zero attached hydrogens (tertiary/aromatic N) is 1. The van der Waals surface area contributed by atoms with Gasteiger partial charge in [0, 0.05) is 0 Å². The first-order chi connectivity index (χ1) is 12.1. The molecule has 0 atom stereocenters. The van der Waals surface area contributed by atoms with Crippen molar-refractivity contribution in [3.63, 3.8) is 0 Å². The molecule has 136 valence electrons. The van der Waals surface area contributed by atoms with Gasteiger partial charge in [0.2, 0.25) is 0 Å². The van der Waals surface area contributed by atoms with Crippen molar-refractivity contribution in [2.45, 2.75) is 0 Å². The quantitative estimate of drug-likeness (QED) is 0.234. The smallest absolute Gasteiger partial charge is 0.446 e. The van der Waals surface area contributed by atoms with Crippen molar-refractivity contribution < 1.29 is 41.8 Å².